The van der Waals surface area contributed by atoms with Gasteiger partial charge in [-0.25, -0.2) is 0 Å². The predicted octanol–water partition coefficient (Wildman–Crippen LogP) is 1.25. The Kier molecular flexibility index (Phi) is 3.86. The summed E-state index contributed by atoms with van der Waals surface area (Å²) in [4.78, 5) is 13.5. The predicted molar refractivity (Wildman–Crippen MR) is 79.4 cm³/mol. The highest BCUT2D eigenvalue weighted by atomic mass is 32.3. The highest BCUT2D eigenvalue weighted by molar-refractivity contribution is 7.86. The van der Waals surface area contributed by atoms with Gasteiger partial charge in [-0.15, -0.1) is 3.89 Å². The summed E-state index contributed by atoms with van der Waals surface area (Å²) in [5.74, 6) is -1.14. The van der Waals surface area contributed by atoms with Gasteiger partial charge in [0.1, 0.15) is 0 Å². The number of aromatic nitrogens is 2. The number of H-pyrrole nitrogens is 1. The van der Waals surface area contributed by atoms with E-state index in [4.69, 9.17) is 0 Å². The molecular weight excluding hydrogens is 309 g/mol. The van der Waals surface area contributed by atoms with Crippen LogP contribution in [-0.4, -0.2) is 48.3 Å². The number of benzene rings is 1. The van der Waals surface area contributed by atoms with Crippen molar-refractivity contribution in [3.63, 3.8) is 0 Å². The third-order valence-corrected chi connectivity index (χ3v) is 4.78. The molecule has 2 aromatic rings. The molecule has 118 valence electrons. The smallest absolute Gasteiger partial charge is 0.302 e. The molecule has 1 aromatic carbocycles. The number of carbonyl (C=O) groups is 1. The second kappa shape index (κ2) is 5.68. The summed E-state index contributed by atoms with van der Waals surface area (Å²) in [6, 6.07) is 5.91. The van der Waals surface area contributed by atoms with E-state index in [1.54, 1.807) is 11.1 Å². The minimum absolute atomic E-state index is 0.0999. The maximum Gasteiger partial charge on any atom is 0.302 e. The standard InChI is InChI=1S/C14H16FN3O3S/c15-22(20,21)9-11-6-14(19)18(8-11)4-3-10-1-2-12-7-16-17-13(12)5-10/h1-2,5,7,11H,3-4,6,8-9H2,(H,16,17). The Morgan fingerprint density at radius 1 is 1.41 bits per heavy atom. The molecule has 22 heavy (non-hydrogen) atoms. The summed E-state index contributed by atoms with van der Waals surface area (Å²) in [6.07, 6.45) is 2.50. The van der Waals surface area contributed by atoms with Gasteiger partial charge in [-0.05, 0) is 18.1 Å². The van der Waals surface area contributed by atoms with Crippen molar-refractivity contribution >= 4 is 27.0 Å². The average Bonchev–Trinajstić information content (AvgIpc) is 3.00. The van der Waals surface area contributed by atoms with Gasteiger partial charge < -0.3 is 4.90 Å². The maximum atomic E-state index is 12.7. The Labute approximate surface area is 127 Å². The average molecular weight is 325 g/mol. The molecule has 0 radical (unpaired) electrons. The van der Waals surface area contributed by atoms with Crippen LogP contribution in [0.3, 0.4) is 0 Å². The van der Waals surface area contributed by atoms with Gasteiger partial charge in [0.2, 0.25) is 5.91 Å². The molecular formula is C14H16FN3O3S. The number of nitrogens with zero attached hydrogens (tertiary/aromatic N) is 2. The molecule has 0 saturated carbocycles. The first-order valence-corrected chi connectivity index (χ1v) is 8.58. The zero-order chi connectivity index (χ0) is 15.7. The van der Waals surface area contributed by atoms with E-state index >= 15 is 0 Å². The summed E-state index contributed by atoms with van der Waals surface area (Å²) in [5, 5.41) is 7.87. The number of likely N-dealkylation sites (tertiary alicyclic amines) is 1. The summed E-state index contributed by atoms with van der Waals surface area (Å²) < 4.78 is 34.0. The van der Waals surface area contributed by atoms with Gasteiger partial charge in [0, 0.05) is 30.8 Å². The molecule has 1 atom stereocenters. The molecule has 1 saturated heterocycles. The number of fused-ring (bicyclic) bond motifs is 1. The number of nitrogens with one attached hydrogen (secondary N) is 1. The molecule has 2 heterocycles. The minimum atomic E-state index is -4.53. The van der Waals surface area contributed by atoms with Gasteiger partial charge in [0.05, 0.1) is 17.5 Å². The van der Waals surface area contributed by atoms with Crippen LogP contribution in [0.4, 0.5) is 3.89 Å². The number of hydrogen-bond acceptors (Lipinski definition) is 4. The number of halogens is 1. The lowest BCUT2D eigenvalue weighted by atomic mass is 10.1. The van der Waals surface area contributed by atoms with Crippen LogP contribution in [0.15, 0.2) is 24.4 Å². The van der Waals surface area contributed by atoms with Gasteiger partial charge in [-0.2, -0.15) is 13.5 Å². The molecule has 8 heteroatoms. The van der Waals surface area contributed by atoms with Crippen LogP contribution in [-0.2, 0) is 21.4 Å². The fourth-order valence-electron chi connectivity index (χ4n) is 2.87. The Hall–Kier alpha value is -1.96. The van der Waals surface area contributed by atoms with E-state index in [2.05, 4.69) is 10.2 Å². The van der Waals surface area contributed by atoms with Crippen molar-refractivity contribution in [2.75, 3.05) is 18.8 Å². The molecule has 1 N–H and O–H groups in total. The fourth-order valence-corrected chi connectivity index (χ4v) is 3.65. The van der Waals surface area contributed by atoms with Crippen molar-refractivity contribution in [2.24, 2.45) is 5.92 Å². The van der Waals surface area contributed by atoms with E-state index in [-0.39, 0.29) is 12.3 Å². The zero-order valence-electron chi connectivity index (χ0n) is 11.8. The van der Waals surface area contributed by atoms with Crippen molar-refractivity contribution in [2.45, 2.75) is 12.8 Å². The lowest BCUT2D eigenvalue weighted by Crippen LogP contribution is -2.28. The SMILES string of the molecule is O=C1CC(CS(=O)(=O)F)CN1CCc1ccc2cn[nH]c2c1. The molecule has 0 bridgehead atoms. The van der Waals surface area contributed by atoms with Crippen molar-refractivity contribution in [1.82, 2.24) is 15.1 Å². The van der Waals surface area contributed by atoms with E-state index in [1.165, 1.54) is 0 Å². The molecule has 1 amide bonds. The van der Waals surface area contributed by atoms with Gasteiger partial charge in [0.15, 0.2) is 0 Å². The third-order valence-electron chi connectivity index (χ3n) is 3.91. The van der Waals surface area contributed by atoms with Crippen molar-refractivity contribution in [1.29, 1.82) is 0 Å². The third kappa shape index (κ3) is 3.44. The first-order chi connectivity index (χ1) is 10.4. The molecule has 0 aliphatic carbocycles. The molecule has 1 aliphatic heterocycles. The highest BCUT2D eigenvalue weighted by Crippen LogP contribution is 2.21. The van der Waals surface area contributed by atoms with Gasteiger partial charge >= 0.3 is 10.2 Å². The number of carbonyl (C=O) groups excluding carboxylic acids is 1. The maximum absolute atomic E-state index is 12.7. The molecule has 0 spiro atoms. The molecule has 1 aliphatic rings. The van der Waals surface area contributed by atoms with Crippen molar-refractivity contribution < 1.29 is 17.1 Å². The first kappa shape index (κ1) is 15.0. The monoisotopic (exact) mass is 325 g/mol. The second-order valence-corrected chi connectivity index (χ2v) is 7.07. The van der Waals surface area contributed by atoms with Crippen molar-refractivity contribution in [3.05, 3.63) is 30.0 Å². The van der Waals surface area contributed by atoms with Crippen molar-refractivity contribution in [3.8, 4) is 0 Å². The Bertz CT molecular complexity index is 803. The van der Waals surface area contributed by atoms with Gasteiger partial charge in [-0.1, -0.05) is 12.1 Å². The second-order valence-electron chi connectivity index (χ2n) is 5.66. The molecule has 6 nitrogen and oxygen atoms in total. The van der Waals surface area contributed by atoms with Crippen LogP contribution < -0.4 is 0 Å². The summed E-state index contributed by atoms with van der Waals surface area (Å²) >= 11 is 0. The number of amides is 1. The molecule has 3 rings (SSSR count). The number of aromatic amines is 1. The van der Waals surface area contributed by atoms with E-state index < -0.39 is 21.9 Å². The van der Waals surface area contributed by atoms with E-state index in [9.17, 15) is 17.1 Å². The zero-order valence-corrected chi connectivity index (χ0v) is 12.6. The highest BCUT2D eigenvalue weighted by Gasteiger charge is 2.32. The van der Waals surface area contributed by atoms with Crippen LogP contribution in [0.25, 0.3) is 10.9 Å². The normalized spacial score (nSPS) is 19.2. The molecule has 1 unspecified atom stereocenters. The number of rotatable bonds is 5. The van der Waals surface area contributed by atoms with Crippen LogP contribution in [0.5, 0.6) is 0 Å². The largest absolute Gasteiger partial charge is 0.342 e. The van der Waals surface area contributed by atoms with E-state index in [0.29, 0.717) is 19.5 Å². The molecule has 1 fully saturated rings. The van der Waals surface area contributed by atoms with Gasteiger partial charge in [0.25, 0.3) is 0 Å². The minimum Gasteiger partial charge on any atom is -0.342 e. The van der Waals surface area contributed by atoms with E-state index in [1.807, 2.05) is 18.2 Å². The van der Waals surface area contributed by atoms with Crippen LogP contribution in [0.1, 0.15) is 12.0 Å². The lowest BCUT2D eigenvalue weighted by molar-refractivity contribution is -0.127. The molecule has 1 aromatic heterocycles. The summed E-state index contributed by atoms with van der Waals surface area (Å²) in [7, 11) is -4.53. The Balaban J connectivity index is 1.60. The lowest BCUT2D eigenvalue weighted by Gasteiger charge is -2.16. The van der Waals surface area contributed by atoms with Gasteiger partial charge in [-0.3, -0.25) is 9.89 Å². The summed E-state index contributed by atoms with van der Waals surface area (Å²) in [6.45, 7) is 0.801. The fraction of sp³-hybridized carbons (Fsp3) is 0.429. The van der Waals surface area contributed by atoms with Crippen LogP contribution >= 0.6 is 0 Å². The number of hydrogen-bond donors (Lipinski definition) is 1. The first-order valence-electron chi connectivity index (χ1n) is 7.03. The van der Waals surface area contributed by atoms with Crippen LogP contribution in [0.2, 0.25) is 0 Å². The summed E-state index contributed by atoms with van der Waals surface area (Å²) in [5.41, 5.74) is 2.00. The topological polar surface area (TPSA) is 83.1 Å². The van der Waals surface area contributed by atoms with E-state index in [0.717, 1.165) is 16.5 Å². The quantitative estimate of drug-likeness (QED) is 0.839. The Morgan fingerprint density at radius 3 is 3.00 bits per heavy atom. The van der Waals surface area contributed by atoms with Crippen LogP contribution in [0, 0.1) is 5.92 Å². The Morgan fingerprint density at radius 2 is 2.23 bits per heavy atom.